The van der Waals surface area contributed by atoms with Crippen LogP contribution in [0.4, 0.5) is 0 Å². The number of amides is 1. The summed E-state index contributed by atoms with van der Waals surface area (Å²) in [4.78, 5) is 23.9. The van der Waals surface area contributed by atoms with E-state index in [0.717, 1.165) is 11.3 Å². The second kappa shape index (κ2) is 9.10. The number of methoxy groups -OCH3 is 1. The number of hydrogen-bond donors (Lipinski definition) is 0. The van der Waals surface area contributed by atoms with Gasteiger partial charge in [-0.3, -0.25) is 9.59 Å². The predicted octanol–water partition coefficient (Wildman–Crippen LogP) is 3.91. The minimum Gasteiger partial charge on any atom is -0.469 e. The van der Waals surface area contributed by atoms with Crippen molar-refractivity contribution in [2.75, 3.05) is 18.6 Å². The minimum atomic E-state index is -0.285. The van der Waals surface area contributed by atoms with E-state index in [4.69, 9.17) is 16.0 Å². The molecule has 6 nitrogen and oxygen atoms in total. The molecule has 0 fully saturated rings. The van der Waals surface area contributed by atoms with Crippen molar-refractivity contribution in [2.45, 2.75) is 18.9 Å². The lowest BCUT2D eigenvalue weighted by Gasteiger charge is -2.19. The summed E-state index contributed by atoms with van der Waals surface area (Å²) in [7, 11) is 1.35. The fraction of sp³-hybridized carbons (Fsp3) is 0.316. The van der Waals surface area contributed by atoms with Gasteiger partial charge >= 0.3 is 5.97 Å². The van der Waals surface area contributed by atoms with Crippen molar-refractivity contribution in [3.63, 3.8) is 0 Å². The molecule has 2 aromatic rings. The number of benzene rings is 1. The van der Waals surface area contributed by atoms with E-state index in [9.17, 15) is 9.59 Å². The molecular formula is C19H19ClN2O4S. The van der Waals surface area contributed by atoms with Gasteiger partial charge in [0.2, 0.25) is 0 Å². The molecule has 0 bridgehead atoms. The maximum atomic E-state index is 12.7. The molecule has 0 unspecified atom stereocenters. The van der Waals surface area contributed by atoms with E-state index in [1.165, 1.54) is 23.9 Å². The zero-order valence-corrected chi connectivity index (χ0v) is 16.3. The first-order valence-corrected chi connectivity index (χ1v) is 9.95. The summed E-state index contributed by atoms with van der Waals surface area (Å²) in [5.41, 5.74) is 1.73. The van der Waals surface area contributed by atoms with Gasteiger partial charge in [0.1, 0.15) is 11.8 Å². The SMILES string of the molecule is COC(=O)CCSCC(=O)N1N=C(c2ccc(Cl)cc2)C[C@H]1c1ccco1. The smallest absolute Gasteiger partial charge is 0.306 e. The lowest BCUT2D eigenvalue weighted by atomic mass is 10.0. The number of carbonyl (C=O) groups is 2. The van der Waals surface area contributed by atoms with Crippen LogP contribution < -0.4 is 0 Å². The van der Waals surface area contributed by atoms with Crippen LogP contribution in [0.25, 0.3) is 0 Å². The van der Waals surface area contributed by atoms with Crippen molar-refractivity contribution < 1.29 is 18.7 Å². The second-order valence-electron chi connectivity index (χ2n) is 5.91. The summed E-state index contributed by atoms with van der Waals surface area (Å²) in [5.74, 6) is 1.02. The van der Waals surface area contributed by atoms with Gasteiger partial charge in [0.05, 0.1) is 31.3 Å². The lowest BCUT2D eigenvalue weighted by molar-refractivity contribution is -0.140. The molecule has 0 aliphatic carbocycles. The van der Waals surface area contributed by atoms with Crippen LogP contribution in [0, 0.1) is 0 Å². The van der Waals surface area contributed by atoms with E-state index in [2.05, 4.69) is 9.84 Å². The summed E-state index contributed by atoms with van der Waals surface area (Å²) in [6, 6.07) is 10.7. The van der Waals surface area contributed by atoms with Crippen molar-refractivity contribution in [3.8, 4) is 0 Å². The van der Waals surface area contributed by atoms with E-state index < -0.39 is 0 Å². The molecule has 1 atom stereocenters. The highest BCUT2D eigenvalue weighted by Gasteiger charge is 2.34. The van der Waals surface area contributed by atoms with Gasteiger partial charge in [-0.2, -0.15) is 16.9 Å². The molecule has 2 heterocycles. The minimum absolute atomic E-state index is 0.129. The molecule has 27 heavy (non-hydrogen) atoms. The summed E-state index contributed by atoms with van der Waals surface area (Å²) < 4.78 is 10.1. The van der Waals surface area contributed by atoms with Crippen LogP contribution in [0.3, 0.4) is 0 Å². The molecule has 1 aromatic heterocycles. The van der Waals surface area contributed by atoms with E-state index in [-0.39, 0.29) is 30.1 Å². The summed E-state index contributed by atoms with van der Waals surface area (Å²) in [6.07, 6.45) is 2.42. The number of hydrogen-bond acceptors (Lipinski definition) is 6. The number of carbonyl (C=O) groups excluding carboxylic acids is 2. The molecule has 0 saturated carbocycles. The monoisotopic (exact) mass is 406 g/mol. The molecule has 142 valence electrons. The molecule has 3 rings (SSSR count). The highest BCUT2D eigenvalue weighted by atomic mass is 35.5. The molecule has 8 heteroatoms. The van der Waals surface area contributed by atoms with Gasteiger partial charge in [-0.1, -0.05) is 23.7 Å². The Kier molecular flexibility index (Phi) is 6.58. The molecule has 1 aliphatic rings. The van der Waals surface area contributed by atoms with Crippen molar-refractivity contribution in [2.24, 2.45) is 5.10 Å². The van der Waals surface area contributed by atoms with Gasteiger partial charge in [-0.05, 0) is 29.8 Å². The molecule has 0 spiro atoms. The Balaban J connectivity index is 1.71. The van der Waals surface area contributed by atoms with Gasteiger partial charge in [0.25, 0.3) is 5.91 Å². The third-order valence-corrected chi connectivity index (χ3v) is 5.31. The Morgan fingerprint density at radius 1 is 1.33 bits per heavy atom. The number of thioether (sulfide) groups is 1. The van der Waals surface area contributed by atoms with Crippen LogP contribution in [0.15, 0.2) is 52.2 Å². The molecule has 1 aliphatic heterocycles. The number of halogens is 1. The molecule has 0 saturated heterocycles. The first kappa shape index (κ1) is 19.5. The summed E-state index contributed by atoms with van der Waals surface area (Å²) >= 11 is 7.34. The fourth-order valence-corrected chi connectivity index (χ4v) is 3.63. The van der Waals surface area contributed by atoms with Crippen LogP contribution in [0.5, 0.6) is 0 Å². The molecular weight excluding hydrogens is 388 g/mol. The van der Waals surface area contributed by atoms with Crippen LogP contribution in [0.2, 0.25) is 5.02 Å². The van der Waals surface area contributed by atoms with Gasteiger partial charge < -0.3 is 9.15 Å². The van der Waals surface area contributed by atoms with Crippen molar-refractivity contribution in [3.05, 3.63) is 59.0 Å². The van der Waals surface area contributed by atoms with Gasteiger partial charge in [0, 0.05) is 17.2 Å². The van der Waals surface area contributed by atoms with E-state index >= 15 is 0 Å². The van der Waals surface area contributed by atoms with Crippen LogP contribution in [-0.2, 0) is 14.3 Å². The van der Waals surface area contributed by atoms with Crippen molar-refractivity contribution in [1.82, 2.24) is 5.01 Å². The largest absolute Gasteiger partial charge is 0.469 e. The standard InChI is InChI=1S/C19H19ClN2O4S/c1-25-19(24)8-10-27-12-18(23)22-16(17-3-2-9-26-17)11-15(21-22)13-4-6-14(20)7-5-13/h2-7,9,16H,8,10-12H2,1H3/t16-/m0/s1. The van der Waals surface area contributed by atoms with Gasteiger partial charge in [0.15, 0.2) is 0 Å². The Labute approximate surface area is 166 Å². The third-order valence-electron chi connectivity index (χ3n) is 4.12. The van der Waals surface area contributed by atoms with Crippen LogP contribution in [0.1, 0.15) is 30.2 Å². The third kappa shape index (κ3) is 4.93. The maximum absolute atomic E-state index is 12.7. The molecule has 1 amide bonds. The Morgan fingerprint density at radius 3 is 2.78 bits per heavy atom. The average Bonchev–Trinajstić information content (AvgIpc) is 3.34. The normalized spacial score (nSPS) is 16.3. The Morgan fingerprint density at radius 2 is 2.11 bits per heavy atom. The Bertz CT molecular complexity index is 821. The van der Waals surface area contributed by atoms with E-state index in [1.54, 1.807) is 24.5 Å². The number of nitrogens with zero attached hydrogens (tertiary/aromatic N) is 2. The van der Waals surface area contributed by atoms with Crippen molar-refractivity contribution >= 4 is 41.0 Å². The summed E-state index contributed by atoms with van der Waals surface area (Å²) in [6.45, 7) is 0. The fourth-order valence-electron chi connectivity index (χ4n) is 2.74. The quantitative estimate of drug-likeness (QED) is 0.515. The van der Waals surface area contributed by atoms with Crippen molar-refractivity contribution in [1.29, 1.82) is 0 Å². The number of ether oxygens (including phenoxy) is 1. The Hall–Kier alpha value is -2.25. The second-order valence-corrected chi connectivity index (χ2v) is 7.45. The highest BCUT2D eigenvalue weighted by Crippen LogP contribution is 2.33. The highest BCUT2D eigenvalue weighted by molar-refractivity contribution is 7.99. The van der Waals surface area contributed by atoms with Crippen LogP contribution in [-0.4, -0.2) is 41.2 Å². The first-order chi connectivity index (χ1) is 13.1. The molecule has 0 N–H and O–H groups in total. The van der Waals surface area contributed by atoms with Gasteiger partial charge in [-0.25, -0.2) is 5.01 Å². The number of esters is 1. The first-order valence-electron chi connectivity index (χ1n) is 8.42. The lowest BCUT2D eigenvalue weighted by Crippen LogP contribution is -2.28. The molecule has 1 aromatic carbocycles. The van der Waals surface area contributed by atoms with Gasteiger partial charge in [-0.15, -0.1) is 0 Å². The van der Waals surface area contributed by atoms with E-state index in [1.807, 2.05) is 18.2 Å². The zero-order valence-electron chi connectivity index (χ0n) is 14.8. The zero-order chi connectivity index (χ0) is 19.2. The van der Waals surface area contributed by atoms with Crippen LogP contribution >= 0.6 is 23.4 Å². The topological polar surface area (TPSA) is 72.1 Å². The predicted molar refractivity (Wildman–Crippen MR) is 105 cm³/mol. The number of furan rings is 1. The average molecular weight is 407 g/mol. The maximum Gasteiger partial charge on any atom is 0.306 e. The number of hydrazone groups is 1. The van der Waals surface area contributed by atoms with E-state index in [0.29, 0.717) is 23.0 Å². The summed E-state index contributed by atoms with van der Waals surface area (Å²) in [5, 5.41) is 6.68. The number of rotatable bonds is 7. The molecule has 0 radical (unpaired) electrons.